The van der Waals surface area contributed by atoms with Gasteiger partial charge in [-0.15, -0.1) is 29.4 Å². The summed E-state index contributed by atoms with van der Waals surface area (Å²) in [6.45, 7) is 1.74. The molecule has 8 heteroatoms. The Kier molecular flexibility index (Phi) is 14.1. The summed E-state index contributed by atoms with van der Waals surface area (Å²) in [6.07, 6.45) is 11.3. The smallest absolute Gasteiger partial charge is 0.414 e. The maximum Gasteiger partial charge on any atom is 0.414 e. The molecule has 0 aromatic heterocycles. The van der Waals surface area contributed by atoms with Gasteiger partial charge in [0.15, 0.2) is 0 Å². The maximum atomic E-state index is 12.7. The highest BCUT2D eigenvalue weighted by Gasteiger charge is 2.56. The second-order valence-corrected chi connectivity index (χ2v) is 13.5. The molecule has 1 saturated heterocycles. The highest BCUT2D eigenvalue weighted by atomic mass is 32.2. The predicted molar refractivity (Wildman–Crippen MR) is 169 cm³/mol. The van der Waals surface area contributed by atoms with Gasteiger partial charge >= 0.3 is 11.9 Å². The first-order valence-electron chi connectivity index (χ1n) is 14.6. The van der Waals surface area contributed by atoms with E-state index in [9.17, 15) is 5.11 Å². The number of benzene rings is 2. The summed E-state index contributed by atoms with van der Waals surface area (Å²) in [5.41, 5.74) is 1.71. The van der Waals surface area contributed by atoms with Crippen molar-refractivity contribution in [3.63, 3.8) is 0 Å². The van der Waals surface area contributed by atoms with Crippen molar-refractivity contribution in [1.29, 1.82) is 0 Å². The Balaban J connectivity index is 0.000000696. The number of aliphatic hydroxyl groups is 1. The maximum absolute atomic E-state index is 12.7. The van der Waals surface area contributed by atoms with Crippen LogP contribution in [-0.2, 0) is 21.6 Å². The first-order valence-corrected chi connectivity index (χ1v) is 16.6. The Bertz CT molecular complexity index is 1110. The van der Waals surface area contributed by atoms with E-state index in [-0.39, 0.29) is 4.08 Å². The number of nitrogens with one attached hydrogen (secondary N) is 1. The highest BCUT2D eigenvalue weighted by molar-refractivity contribution is 8.18. The van der Waals surface area contributed by atoms with E-state index in [4.69, 9.17) is 19.8 Å². The van der Waals surface area contributed by atoms with Gasteiger partial charge < -0.3 is 20.6 Å². The lowest BCUT2D eigenvalue weighted by Gasteiger charge is -2.53. The molecule has 2 aliphatic rings. The lowest BCUT2D eigenvalue weighted by molar-refractivity contribution is -0.159. The van der Waals surface area contributed by atoms with Crippen LogP contribution in [0.25, 0.3) is 0 Å². The fourth-order valence-corrected chi connectivity index (χ4v) is 9.45. The van der Waals surface area contributed by atoms with Gasteiger partial charge in [-0.1, -0.05) is 85.8 Å². The van der Waals surface area contributed by atoms with Crippen LogP contribution in [0.4, 0.5) is 0 Å². The van der Waals surface area contributed by atoms with E-state index in [0.29, 0.717) is 5.92 Å². The molecule has 1 atom stereocenters. The van der Waals surface area contributed by atoms with Gasteiger partial charge in [-0.05, 0) is 73.6 Å². The van der Waals surface area contributed by atoms with Crippen LogP contribution in [0.5, 0.6) is 0 Å². The van der Waals surface area contributed by atoms with Crippen molar-refractivity contribution in [3.8, 4) is 11.8 Å². The molecule has 41 heavy (non-hydrogen) atoms. The average molecular weight is 598 g/mol. The van der Waals surface area contributed by atoms with E-state index >= 15 is 0 Å². The molecule has 1 aliphatic heterocycles. The van der Waals surface area contributed by atoms with Crippen LogP contribution in [0.2, 0.25) is 0 Å². The average Bonchev–Trinajstić information content (AvgIpc) is 3.02. The lowest BCUT2D eigenvalue weighted by Crippen LogP contribution is -2.54. The van der Waals surface area contributed by atoms with E-state index in [1.165, 1.54) is 31.2 Å². The second-order valence-electron chi connectivity index (χ2n) is 10.5. The zero-order valence-corrected chi connectivity index (χ0v) is 25.4. The fraction of sp³-hybridized carbons (Fsp3) is 0.515. The quantitative estimate of drug-likeness (QED) is 0.146. The zero-order chi connectivity index (χ0) is 29.4. The van der Waals surface area contributed by atoms with Crippen molar-refractivity contribution in [2.45, 2.75) is 73.9 Å². The number of aryl methyl sites for hydroxylation is 1. The molecule has 1 aliphatic carbocycles. The van der Waals surface area contributed by atoms with Gasteiger partial charge in [0.25, 0.3) is 0 Å². The van der Waals surface area contributed by atoms with Crippen molar-refractivity contribution < 1.29 is 24.9 Å². The Labute approximate surface area is 253 Å². The summed E-state index contributed by atoms with van der Waals surface area (Å²) in [7, 11) is 0. The minimum Gasteiger partial charge on any atom is -0.473 e. The second kappa shape index (κ2) is 17.5. The number of thioether (sulfide) groups is 2. The standard InChI is InChI=1S/C31H41NOS2.C2H2O4/c33-31(28-18-7-2-8-19-28,29-20-9-3-10-21-29)30(34-25-14-26-35-30)22-11-4-12-23-32-24-13-17-27-15-5-1-6-16-27;3-1(4)2(5)6/h1-2,5-8,15-16,18-19,29,32-33H,3,9-11,13-14,17,20-26H2;(H,3,4)(H,5,6). The number of hydrogen-bond acceptors (Lipinski definition) is 6. The predicted octanol–water partition coefficient (Wildman–Crippen LogP) is 6.18. The van der Waals surface area contributed by atoms with Gasteiger partial charge in [-0.2, -0.15) is 0 Å². The van der Waals surface area contributed by atoms with Gasteiger partial charge in [0, 0.05) is 6.42 Å². The van der Waals surface area contributed by atoms with Crippen LogP contribution in [0.15, 0.2) is 60.7 Å². The fourth-order valence-electron chi connectivity index (χ4n) is 5.70. The summed E-state index contributed by atoms with van der Waals surface area (Å²) in [6, 6.07) is 21.3. The van der Waals surface area contributed by atoms with E-state index in [0.717, 1.165) is 68.7 Å². The largest absolute Gasteiger partial charge is 0.473 e. The van der Waals surface area contributed by atoms with Crippen LogP contribution in [0, 0.1) is 17.8 Å². The van der Waals surface area contributed by atoms with Gasteiger partial charge in [-0.3, -0.25) is 0 Å². The Morgan fingerprint density at radius 3 is 2.10 bits per heavy atom. The normalized spacial score (nSPS) is 18.1. The third-order valence-corrected chi connectivity index (χ3v) is 11.4. The van der Waals surface area contributed by atoms with Crippen LogP contribution < -0.4 is 5.32 Å². The summed E-state index contributed by atoms with van der Waals surface area (Å²) in [5.74, 6) is 5.73. The summed E-state index contributed by atoms with van der Waals surface area (Å²) in [5, 5.41) is 30.9. The zero-order valence-electron chi connectivity index (χ0n) is 23.7. The molecule has 222 valence electrons. The van der Waals surface area contributed by atoms with E-state index in [1.807, 2.05) is 23.5 Å². The molecule has 2 fully saturated rings. The minimum absolute atomic E-state index is 0.216. The van der Waals surface area contributed by atoms with Gasteiger partial charge in [0.1, 0.15) is 5.60 Å². The lowest BCUT2D eigenvalue weighted by atomic mass is 9.70. The van der Waals surface area contributed by atoms with E-state index in [1.54, 1.807) is 0 Å². The molecule has 4 rings (SSSR count). The molecule has 0 bridgehead atoms. The Morgan fingerprint density at radius 1 is 0.878 bits per heavy atom. The number of carbonyl (C=O) groups is 2. The van der Waals surface area contributed by atoms with Gasteiger partial charge in [-0.25, -0.2) is 9.59 Å². The Hall–Kier alpha value is -2.44. The molecule has 6 nitrogen and oxygen atoms in total. The van der Waals surface area contributed by atoms with Gasteiger partial charge in [0.05, 0.1) is 10.6 Å². The van der Waals surface area contributed by atoms with Crippen molar-refractivity contribution in [1.82, 2.24) is 5.32 Å². The third-order valence-electron chi connectivity index (χ3n) is 7.71. The molecule has 1 heterocycles. The van der Waals surface area contributed by atoms with E-state index < -0.39 is 17.5 Å². The topological polar surface area (TPSA) is 107 Å². The van der Waals surface area contributed by atoms with Crippen LogP contribution >= 0.6 is 23.5 Å². The van der Waals surface area contributed by atoms with Crippen LogP contribution in [0.1, 0.15) is 68.9 Å². The molecule has 0 amide bonds. The first-order chi connectivity index (χ1) is 19.9. The molecule has 2 aromatic rings. The number of carboxylic acid groups (broad SMARTS) is 2. The first kappa shape index (κ1) is 33.1. The monoisotopic (exact) mass is 597 g/mol. The molecule has 1 unspecified atom stereocenters. The summed E-state index contributed by atoms with van der Waals surface area (Å²) < 4.78 is -0.216. The number of carboxylic acids is 2. The number of aliphatic carboxylic acids is 2. The molecule has 0 spiro atoms. The molecule has 4 N–H and O–H groups in total. The summed E-state index contributed by atoms with van der Waals surface area (Å²) in [4.78, 5) is 18.2. The SMILES string of the molecule is O=C(O)C(=O)O.OC(c1ccccc1)(C1CCCCC1)C1(CCC#CCNCCCc2ccccc2)SCCCS1. The molecule has 1 saturated carbocycles. The van der Waals surface area contributed by atoms with Crippen molar-refractivity contribution in [2.24, 2.45) is 5.92 Å². The van der Waals surface area contributed by atoms with Crippen molar-refractivity contribution >= 4 is 35.5 Å². The molecular weight excluding hydrogens is 554 g/mol. The summed E-state index contributed by atoms with van der Waals surface area (Å²) >= 11 is 4.02. The molecular formula is C33H43NO5S2. The van der Waals surface area contributed by atoms with Crippen molar-refractivity contribution in [3.05, 3.63) is 71.8 Å². The van der Waals surface area contributed by atoms with Crippen molar-refractivity contribution in [2.75, 3.05) is 24.6 Å². The van der Waals surface area contributed by atoms with Gasteiger partial charge in [0.2, 0.25) is 0 Å². The Morgan fingerprint density at radius 2 is 1.49 bits per heavy atom. The highest BCUT2D eigenvalue weighted by Crippen LogP contribution is 2.60. The molecule has 0 radical (unpaired) electrons. The van der Waals surface area contributed by atoms with Crippen LogP contribution in [-0.4, -0.2) is 55.9 Å². The number of rotatable bonds is 10. The minimum atomic E-state index is -1.82. The third kappa shape index (κ3) is 9.82. The molecule has 2 aromatic carbocycles. The van der Waals surface area contributed by atoms with E-state index in [2.05, 4.69) is 77.8 Å². The van der Waals surface area contributed by atoms with Crippen LogP contribution in [0.3, 0.4) is 0 Å². The number of hydrogen-bond donors (Lipinski definition) is 4.